The number of hydrogen-bond acceptors (Lipinski definition) is 3. The van der Waals surface area contributed by atoms with E-state index in [2.05, 4.69) is 4.98 Å². The molecule has 0 unspecified atom stereocenters. The van der Waals surface area contributed by atoms with Gasteiger partial charge in [-0.25, -0.2) is 0 Å². The minimum absolute atomic E-state index is 0.267. The minimum Gasteiger partial charge on any atom is -0.492 e. The van der Waals surface area contributed by atoms with E-state index in [1.165, 1.54) is 11.1 Å². The van der Waals surface area contributed by atoms with Gasteiger partial charge < -0.3 is 4.74 Å². The number of rotatable bonds is 4. The summed E-state index contributed by atoms with van der Waals surface area (Å²) in [7, 11) is 0. The summed E-state index contributed by atoms with van der Waals surface area (Å²) >= 11 is 5.92. The average Bonchev–Trinajstić information content (AvgIpc) is 2.38. The van der Waals surface area contributed by atoms with Crippen LogP contribution in [0.25, 0.3) is 0 Å². The SMILES string of the molecule is FC(F)(F)CN1CCC(COc2ccncc2Cl)CC1. The summed E-state index contributed by atoms with van der Waals surface area (Å²) in [4.78, 5) is 5.30. The molecule has 2 heterocycles. The van der Waals surface area contributed by atoms with Gasteiger partial charge in [-0.3, -0.25) is 9.88 Å². The van der Waals surface area contributed by atoms with Crippen LogP contribution in [-0.2, 0) is 0 Å². The number of ether oxygens (including phenoxy) is 1. The Morgan fingerprint density at radius 2 is 2.05 bits per heavy atom. The summed E-state index contributed by atoms with van der Waals surface area (Å²) in [6, 6.07) is 1.68. The Hall–Kier alpha value is -1.01. The summed E-state index contributed by atoms with van der Waals surface area (Å²) in [5.41, 5.74) is 0. The molecule has 0 aliphatic carbocycles. The van der Waals surface area contributed by atoms with Crippen molar-refractivity contribution in [2.45, 2.75) is 19.0 Å². The molecule has 0 radical (unpaired) electrons. The van der Waals surface area contributed by atoms with E-state index in [0.717, 1.165) is 0 Å². The van der Waals surface area contributed by atoms with E-state index in [-0.39, 0.29) is 5.92 Å². The van der Waals surface area contributed by atoms with Gasteiger partial charge in [-0.2, -0.15) is 13.2 Å². The molecule has 0 spiro atoms. The highest BCUT2D eigenvalue weighted by atomic mass is 35.5. The first-order valence-corrected chi connectivity index (χ1v) is 6.83. The Kier molecular flexibility index (Phi) is 5.10. The third kappa shape index (κ3) is 4.83. The zero-order valence-corrected chi connectivity index (χ0v) is 11.6. The number of pyridine rings is 1. The molecule has 1 aliphatic heterocycles. The maximum Gasteiger partial charge on any atom is 0.401 e. The average molecular weight is 309 g/mol. The Balaban J connectivity index is 1.74. The zero-order chi connectivity index (χ0) is 14.6. The van der Waals surface area contributed by atoms with Crippen LogP contribution >= 0.6 is 11.6 Å². The summed E-state index contributed by atoms with van der Waals surface area (Å²) in [5.74, 6) is 0.836. The van der Waals surface area contributed by atoms with E-state index >= 15 is 0 Å². The quantitative estimate of drug-likeness (QED) is 0.852. The number of alkyl halides is 3. The van der Waals surface area contributed by atoms with Crippen molar-refractivity contribution < 1.29 is 17.9 Å². The van der Waals surface area contributed by atoms with Crippen LogP contribution in [0.2, 0.25) is 5.02 Å². The highest BCUT2D eigenvalue weighted by Crippen LogP contribution is 2.26. The second kappa shape index (κ2) is 6.63. The lowest BCUT2D eigenvalue weighted by Gasteiger charge is -2.32. The van der Waals surface area contributed by atoms with Crippen molar-refractivity contribution in [1.82, 2.24) is 9.88 Å². The fraction of sp³-hybridized carbons (Fsp3) is 0.615. The lowest BCUT2D eigenvalue weighted by atomic mass is 9.98. The first kappa shape index (κ1) is 15.4. The van der Waals surface area contributed by atoms with Gasteiger partial charge in [0.25, 0.3) is 0 Å². The Labute approximate surface area is 120 Å². The van der Waals surface area contributed by atoms with E-state index in [1.807, 2.05) is 0 Å². The number of nitrogens with zero attached hydrogens (tertiary/aromatic N) is 2. The largest absolute Gasteiger partial charge is 0.492 e. The molecular formula is C13H16ClF3N2O. The molecule has 0 N–H and O–H groups in total. The molecule has 7 heteroatoms. The van der Waals surface area contributed by atoms with E-state index < -0.39 is 12.7 Å². The third-order valence-electron chi connectivity index (χ3n) is 3.32. The second-order valence-electron chi connectivity index (χ2n) is 4.95. The van der Waals surface area contributed by atoms with Crippen LogP contribution in [0.3, 0.4) is 0 Å². The van der Waals surface area contributed by atoms with E-state index in [0.29, 0.717) is 43.3 Å². The van der Waals surface area contributed by atoms with Gasteiger partial charge in [0.1, 0.15) is 10.8 Å². The van der Waals surface area contributed by atoms with Gasteiger partial charge in [-0.1, -0.05) is 11.6 Å². The molecule has 0 bridgehead atoms. The molecule has 1 saturated heterocycles. The number of aromatic nitrogens is 1. The van der Waals surface area contributed by atoms with E-state index in [1.54, 1.807) is 12.3 Å². The third-order valence-corrected chi connectivity index (χ3v) is 3.60. The standard InChI is InChI=1S/C13H16ClF3N2O/c14-11-7-18-4-1-12(11)20-8-10-2-5-19(6-3-10)9-13(15,16)17/h1,4,7,10H,2-3,5-6,8-9H2. The van der Waals surface area contributed by atoms with Crippen molar-refractivity contribution in [3.63, 3.8) is 0 Å². The second-order valence-corrected chi connectivity index (χ2v) is 5.36. The minimum atomic E-state index is -4.12. The lowest BCUT2D eigenvalue weighted by molar-refractivity contribution is -0.148. The van der Waals surface area contributed by atoms with Crippen molar-refractivity contribution in [2.75, 3.05) is 26.2 Å². The highest BCUT2D eigenvalue weighted by molar-refractivity contribution is 6.31. The normalized spacial score (nSPS) is 18.2. The smallest absolute Gasteiger partial charge is 0.401 e. The molecular weight excluding hydrogens is 293 g/mol. The maximum atomic E-state index is 12.3. The monoisotopic (exact) mass is 308 g/mol. The maximum absolute atomic E-state index is 12.3. The molecule has 0 aromatic carbocycles. The molecule has 1 aromatic rings. The molecule has 2 rings (SSSR count). The van der Waals surface area contributed by atoms with Crippen molar-refractivity contribution in [3.8, 4) is 5.75 Å². The summed E-state index contributed by atoms with van der Waals surface area (Å²) < 4.78 is 42.4. The van der Waals surface area contributed by atoms with Crippen LogP contribution in [0.15, 0.2) is 18.5 Å². The summed E-state index contributed by atoms with van der Waals surface area (Å²) in [5, 5.41) is 0.446. The van der Waals surface area contributed by atoms with Gasteiger partial charge in [-0.05, 0) is 31.8 Å². The summed E-state index contributed by atoms with van der Waals surface area (Å²) in [6.45, 7) is 0.565. The summed E-state index contributed by atoms with van der Waals surface area (Å²) in [6.07, 6.45) is 0.390. The number of piperidine rings is 1. The van der Waals surface area contributed by atoms with Crippen LogP contribution in [0.5, 0.6) is 5.75 Å². The number of halogens is 4. The fourth-order valence-corrected chi connectivity index (χ4v) is 2.43. The first-order valence-electron chi connectivity index (χ1n) is 6.45. The van der Waals surface area contributed by atoms with Gasteiger partial charge in [0.05, 0.1) is 13.2 Å². The lowest BCUT2D eigenvalue weighted by Crippen LogP contribution is -2.41. The van der Waals surface area contributed by atoms with Crippen LogP contribution < -0.4 is 4.74 Å². The Bertz CT molecular complexity index is 434. The molecule has 3 nitrogen and oxygen atoms in total. The zero-order valence-electron chi connectivity index (χ0n) is 10.9. The van der Waals surface area contributed by atoms with Crippen molar-refractivity contribution in [3.05, 3.63) is 23.5 Å². The number of likely N-dealkylation sites (tertiary alicyclic amines) is 1. The fourth-order valence-electron chi connectivity index (χ4n) is 2.25. The molecule has 0 amide bonds. The Morgan fingerprint density at radius 1 is 1.35 bits per heavy atom. The van der Waals surface area contributed by atoms with Crippen LogP contribution in [0.4, 0.5) is 13.2 Å². The molecule has 0 atom stereocenters. The van der Waals surface area contributed by atoms with Gasteiger partial charge in [-0.15, -0.1) is 0 Å². The van der Waals surface area contributed by atoms with Crippen LogP contribution in [0.1, 0.15) is 12.8 Å². The van der Waals surface area contributed by atoms with Crippen molar-refractivity contribution in [1.29, 1.82) is 0 Å². The topological polar surface area (TPSA) is 25.4 Å². The highest BCUT2D eigenvalue weighted by Gasteiger charge is 2.32. The molecule has 112 valence electrons. The van der Waals surface area contributed by atoms with Gasteiger partial charge in [0.15, 0.2) is 0 Å². The van der Waals surface area contributed by atoms with Crippen molar-refractivity contribution >= 4 is 11.6 Å². The predicted molar refractivity (Wildman–Crippen MR) is 70.0 cm³/mol. The molecule has 1 aromatic heterocycles. The van der Waals surface area contributed by atoms with Crippen LogP contribution in [-0.4, -0.2) is 42.3 Å². The molecule has 1 aliphatic rings. The number of hydrogen-bond donors (Lipinski definition) is 0. The molecule has 1 fully saturated rings. The van der Waals surface area contributed by atoms with Crippen LogP contribution in [0, 0.1) is 5.92 Å². The Morgan fingerprint density at radius 3 is 2.65 bits per heavy atom. The van der Waals surface area contributed by atoms with Gasteiger partial charge >= 0.3 is 6.18 Å². The predicted octanol–water partition coefficient (Wildman–Crippen LogP) is 3.39. The van der Waals surface area contributed by atoms with E-state index in [9.17, 15) is 13.2 Å². The molecule has 0 saturated carbocycles. The van der Waals surface area contributed by atoms with Crippen molar-refractivity contribution in [2.24, 2.45) is 5.92 Å². The van der Waals surface area contributed by atoms with Gasteiger partial charge in [0.2, 0.25) is 0 Å². The van der Waals surface area contributed by atoms with E-state index in [4.69, 9.17) is 16.3 Å². The van der Waals surface area contributed by atoms with Gasteiger partial charge in [0, 0.05) is 18.5 Å². The first-order chi connectivity index (χ1) is 9.44. The molecule has 20 heavy (non-hydrogen) atoms.